The van der Waals surface area contributed by atoms with Gasteiger partial charge in [0, 0.05) is 11.8 Å². The molecule has 2 radical (unpaired) electrons. The molecule has 52 valence electrons. The predicted octanol–water partition coefficient (Wildman–Crippen LogP) is 0.788. The summed E-state index contributed by atoms with van der Waals surface area (Å²) in [5, 5.41) is 0. The number of hydrogen-bond donors (Lipinski definition) is 0. The first-order chi connectivity index (χ1) is 4.88. The van der Waals surface area contributed by atoms with Crippen molar-refractivity contribution in [2.75, 3.05) is 0 Å². The number of carbonyl (C=O) groups excluding carboxylic acids is 2. The van der Waals surface area contributed by atoms with Crippen molar-refractivity contribution in [1.82, 2.24) is 0 Å². The molecule has 0 aromatic rings. The van der Waals surface area contributed by atoms with Gasteiger partial charge in [-0.2, -0.15) is 0 Å². The second-order valence-corrected chi connectivity index (χ2v) is 2.39. The summed E-state index contributed by atoms with van der Waals surface area (Å²) >= 11 is 0. The van der Waals surface area contributed by atoms with E-state index in [1.165, 1.54) is 0 Å². The fourth-order valence-corrected chi connectivity index (χ4v) is 1.07. The minimum Gasteiger partial charge on any atom is -0.291 e. The van der Waals surface area contributed by atoms with Crippen molar-refractivity contribution in [3.05, 3.63) is 12.2 Å². The lowest BCUT2D eigenvalue weighted by molar-refractivity contribution is 0.437. The Morgan fingerprint density at radius 3 is 1.70 bits per heavy atom. The highest BCUT2D eigenvalue weighted by molar-refractivity contribution is 5.66. The van der Waals surface area contributed by atoms with Crippen LogP contribution in [0.15, 0.2) is 12.2 Å². The second kappa shape index (κ2) is 3.30. The van der Waals surface area contributed by atoms with Gasteiger partial charge >= 0.3 is 0 Å². The zero-order valence-electron chi connectivity index (χ0n) is 5.54. The zero-order chi connectivity index (χ0) is 7.40. The van der Waals surface area contributed by atoms with E-state index in [-0.39, 0.29) is 11.8 Å². The van der Waals surface area contributed by atoms with Gasteiger partial charge < -0.3 is 0 Å². The fourth-order valence-electron chi connectivity index (χ4n) is 1.07. The van der Waals surface area contributed by atoms with Gasteiger partial charge in [-0.3, -0.25) is 9.59 Å². The molecule has 0 fully saturated rings. The van der Waals surface area contributed by atoms with Gasteiger partial charge in [-0.05, 0) is 12.8 Å². The molecule has 2 unspecified atom stereocenters. The first-order valence-corrected chi connectivity index (χ1v) is 3.29. The highest BCUT2D eigenvalue weighted by Gasteiger charge is 2.22. The van der Waals surface area contributed by atoms with Crippen LogP contribution in [0.4, 0.5) is 0 Å². The Bertz CT molecular complexity index is 143. The molecule has 0 saturated carbocycles. The smallest absolute Gasteiger partial charge is 0.202 e. The summed E-state index contributed by atoms with van der Waals surface area (Å²) in [7, 11) is 0. The topological polar surface area (TPSA) is 34.1 Å². The Labute approximate surface area is 59.9 Å². The second-order valence-electron chi connectivity index (χ2n) is 2.39. The molecule has 2 heteroatoms. The molecule has 0 saturated heterocycles. The Hall–Kier alpha value is -0.920. The molecule has 2 nitrogen and oxygen atoms in total. The summed E-state index contributed by atoms with van der Waals surface area (Å²) in [6.45, 7) is 0. The Kier molecular flexibility index (Phi) is 2.37. The lowest BCUT2D eigenvalue weighted by Crippen LogP contribution is -2.18. The molecular formula is C8H8O2. The first kappa shape index (κ1) is 7.19. The van der Waals surface area contributed by atoms with E-state index in [0.717, 1.165) is 0 Å². The van der Waals surface area contributed by atoms with E-state index in [4.69, 9.17) is 0 Å². The van der Waals surface area contributed by atoms with Crippen LogP contribution >= 0.6 is 0 Å². The molecule has 0 aliphatic heterocycles. The Balaban J connectivity index is 2.61. The third kappa shape index (κ3) is 1.32. The Morgan fingerprint density at radius 1 is 1.00 bits per heavy atom. The van der Waals surface area contributed by atoms with Gasteiger partial charge in [0.2, 0.25) is 12.6 Å². The van der Waals surface area contributed by atoms with Crippen molar-refractivity contribution in [2.24, 2.45) is 11.8 Å². The molecule has 0 bridgehead atoms. The van der Waals surface area contributed by atoms with Gasteiger partial charge in [0.1, 0.15) is 0 Å². The number of hydrogen-bond acceptors (Lipinski definition) is 2. The van der Waals surface area contributed by atoms with Gasteiger partial charge in [-0.25, -0.2) is 0 Å². The molecule has 2 atom stereocenters. The summed E-state index contributed by atoms with van der Waals surface area (Å²) in [6, 6.07) is 0. The molecule has 1 aliphatic carbocycles. The van der Waals surface area contributed by atoms with Gasteiger partial charge in [0.05, 0.1) is 0 Å². The van der Waals surface area contributed by atoms with Crippen LogP contribution in [0, 0.1) is 11.8 Å². The van der Waals surface area contributed by atoms with Crippen molar-refractivity contribution in [1.29, 1.82) is 0 Å². The van der Waals surface area contributed by atoms with Gasteiger partial charge in [0.25, 0.3) is 0 Å². The van der Waals surface area contributed by atoms with Crippen LogP contribution in [0.3, 0.4) is 0 Å². The fraction of sp³-hybridized carbons (Fsp3) is 0.500. The van der Waals surface area contributed by atoms with Gasteiger partial charge in [-0.15, -0.1) is 0 Å². The summed E-state index contributed by atoms with van der Waals surface area (Å²) in [5.74, 6) is -0.495. The van der Waals surface area contributed by atoms with Gasteiger partial charge in [-0.1, -0.05) is 12.2 Å². The van der Waals surface area contributed by atoms with E-state index in [0.29, 0.717) is 12.8 Å². The van der Waals surface area contributed by atoms with E-state index < -0.39 is 0 Å². The van der Waals surface area contributed by atoms with Crippen LogP contribution in [0.25, 0.3) is 0 Å². The quantitative estimate of drug-likeness (QED) is 0.526. The predicted molar refractivity (Wildman–Crippen MR) is 36.7 cm³/mol. The van der Waals surface area contributed by atoms with Crippen LogP contribution in [0.1, 0.15) is 12.8 Å². The van der Waals surface area contributed by atoms with Crippen LogP contribution in [-0.4, -0.2) is 12.6 Å². The molecule has 0 aromatic heterocycles. The van der Waals surface area contributed by atoms with Crippen LogP contribution in [0.5, 0.6) is 0 Å². The highest BCUT2D eigenvalue weighted by atomic mass is 16.1. The lowest BCUT2D eigenvalue weighted by atomic mass is 9.85. The Morgan fingerprint density at radius 2 is 1.40 bits per heavy atom. The largest absolute Gasteiger partial charge is 0.291 e. The summed E-state index contributed by atoms with van der Waals surface area (Å²) in [5.41, 5.74) is 0. The molecule has 10 heavy (non-hydrogen) atoms. The third-order valence-electron chi connectivity index (χ3n) is 1.74. The van der Waals surface area contributed by atoms with Gasteiger partial charge in [0.15, 0.2) is 0 Å². The van der Waals surface area contributed by atoms with Crippen molar-refractivity contribution in [2.45, 2.75) is 12.8 Å². The maximum absolute atomic E-state index is 10.2. The van der Waals surface area contributed by atoms with E-state index in [1.54, 1.807) is 0 Å². The average Bonchev–Trinajstić information content (AvgIpc) is 2.04. The van der Waals surface area contributed by atoms with E-state index >= 15 is 0 Å². The summed E-state index contributed by atoms with van der Waals surface area (Å²) in [4.78, 5) is 20.4. The maximum atomic E-state index is 10.2. The molecule has 0 amide bonds. The molecule has 1 aliphatic rings. The van der Waals surface area contributed by atoms with Crippen molar-refractivity contribution < 1.29 is 9.59 Å². The van der Waals surface area contributed by atoms with Crippen molar-refractivity contribution >= 4 is 12.6 Å². The van der Waals surface area contributed by atoms with Crippen LogP contribution < -0.4 is 0 Å². The van der Waals surface area contributed by atoms with Crippen LogP contribution in [-0.2, 0) is 9.59 Å². The minimum absolute atomic E-state index is 0.248. The normalized spacial score (nSPS) is 31.6. The SMILES string of the molecule is O=[C]C1CC=CCC1[C]=O. The molecule has 0 heterocycles. The number of allylic oxidation sites excluding steroid dienone is 2. The van der Waals surface area contributed by atoms with Crippen molar-refractivity contribution in [3.63, 3.8) is 0 Å². The van der Waals surface area contributed by atoms with Crippen molar-refractivity contribution in [3.8, 4) is 0 Å². The summed E-state index contributed by atoms with van der Waals surface area (Å²) in [6.07, 6.45) is 8.78. The molecule has 0 aromatic carbocycles. The number of rotatable bonds is 2. The standard InChI is InChI=1S/C8H8O2/c9-5-7-3-1-2-4-8(7)6-10/h1-2,7-8H,3-4H2. The zero-order valence-corrected chi connectivity index (χ0v) is 5.54. The van der Waals surface area contributed by atoms with E-state index in [2.05, 4.69) is 0 Å². The molecular weight excluding hydrogens is 128 g/mol. The maximum Gasteiger partial charge on any atom is 0.202 e. The monoisotopic (exact) mass is 136 g/mol. The minimum atomic E-state index is -0.248. The van der Waals surface area contributed by atoms with E-state index in [1.807, 2.05) is 24.7 Å². The molecule has 1 rings (SSSR count). The molecule has 0 spiro atoms. The average molecular weight is 136 g/mol. The van der Waals surface area contributed by atoms with Crippen LogP contribution in [0.2, 0.25) is 0 Å². The summed E-state index contributed by atoms with van der Waals surface area (Å²) < 4.78 is 0. The third-order valence-corrected chi connectivity index (χ3v) is 1.74. The first-order valence-electron chi connectivity index (χ1n) is 3.29. The highest BCUT2D eigenvalue weighted by Crippen LogP contribution is 2.21. The lowest BCUT2D eigenvalue weighted by Gasteiger charge is -2.15. The van der Waals surface area contributed by atoms with E-state index in [9.17, 15) is 9.59 Å². The molecule has 0 N–H and O–H groups in total.